The Balaban J connectivity index is 2.47. The lowest BCUT2D eigenvalue weighted by atomic mass is 9.89. The molecule has 1 heterocycles. The van der Waals surface area contributed by atoms with Crippen molar-refractivity contribution in [1.82, 2.24) is 5.32 Å². The van der Waals surface area contributed by atoms with Crippen LogP contribution in [0.15, 0.2) is 42.6 Å². The second-order valence-electron chi connectivity index (χ2n) is 6.12. The molecule has 0 aliphatic carbocycles. The second kappa shape index (κ2) is 6.59. The quantitative estimate of drug-likeness (QED) is 0.647. The number of nitrogens with one attached hydrogen (secondary N) is 1. The van der Waals surface area contributed by atoms with E-state index >= 15 is 0 Å². The van der Waals surface area contributed by atoms with E-state index in [0.717, 1.165) is 28.9 Å². The Labute approximate surface area is 142 Å². The number of hydrogen-bond donors (Lipinski definition) is 3. The Morgan fingerprint density at radius 3 is 2.58 bits per heavy atom. The molecule has 0 bridgehead atoms. The molecule has 24 heavy (non-hydrogen) atoms. The van der Waals surface area contributed by atoms with Crippen LogP contribution < -0.4 is 15.6 Å². The lowest BCUT2D eigenvalue weighted by molar-refractivity contribution is -0.677. The summed E-state index contributed by atoms with van der Waals surface area (Å²) < 4.78 is 1.95. The lowest BCUT2D eigenvalue weighted by Crippen LogP contribution is -2.33. The van der Waals surface area contributed by atoms with Gasteiger partial charge in [0.25, 0.3) is 0 Å². The van der Waals surface area contributed by atoms with E-state index in [0.29, 0.717) is 6.54 Å². The van der Waals surface area contributed by atoms with E-state index in [2.05, 4.69) is 42.6 Å². The molecule has 4 nitrogen and oxygen atoms in total. The van der Waals surface area contributed by atoms with Gasteiger partial charge in [0.2, 0.25) is 6.20 Å². The Hall–Kier alpha value is -2.43. The third-order valence-corrected chi connectivity index (χ3v) is 4.65. The van der Waals surface area contributed by atoms with Crippen LogP contribution in [-0.4, -0.2) is 12.2 Å². The fourth-order valence-corrected chi connectivity index (χ4v) is 3.37. The molecular formula is C20H24N3O+. The number of aromatic hydroxyl groups is 1. The molecule has 0 atom stereocenters. The molecule has 0 saturated carbocycles. The number of benzene rings is 2. The summed E-state index contributed by atoms with van der Waals surface area (Å²) in [6.07, 6.45) is 1.73. The first-order chi connectivity index (χ1) is 11.6. The molecule has 4 heteroatoms. The molecule has 0 unspecified atom stereocenters. The molecule has 0 fully saturated rings. The zero-order valence-corrected chi connectivity index (χ0v) is 14.4. The molecule has 4 N–H and O–H groups in total. The van der Waals surface area contributed by atoms with E-state index in [-0.39, 0.29) is 5.75 Å². The van der Waals surface area contributed by atoms with Crippen molar-refractivity contribution in [2.45, 2.75) is 20.0 Å². The largest absolute Gasteiger partial charge is 0.502 e. The topological polar surface area (TPSA) is 62.2 Å². The van der Waals surface area contributed by atoms with Gasteiger partial charge in [0.05, 0.1) is 5.56 Å². The fourth-order valence-electron chi connectivity index (χ4n) is 3.37. The van der Waals surface area contributed by atoms with Crippen LogP contribution in [0.25, 0.3) is 21.9 Å². The van der Waals surface area contributed by atoms with Crippen LogP contribution in [0, 0.1) is 6.92 Å². The number of aryl methyl sites for hydroxylation is 1. The molecule has 2 aromatic carbocycles. The van der Waals surface area contributed by atoms with E-state index in [1.54, 1.807) is 6.20 Å². The van der Waals surface area contributed by atoms with Crippen molar-refractivity contribution in [3.05, 3.63) is 59.4 Å². The molecule has 1 aromatic heterocycles. The first-order valence-corrected chi connectivity index (χ1v) is 8.15. The normalized spacial score (nSPS) is 11.2. The summed E-state index contributed by atoms with van der Waals surface area (Å²) in [5, 5.41) is 16.0. The zero-order valence-electron chi connectivity index (χ0n) is 14.4. The molecule has 0 aliphatic heterocycles. The Bertz CT molecular complexity index is 903. The summed E-state index contributed by atoms with van der Waals surface area (Å²) in [5.41, 5.74) is 11.2. The first kappa shape index (κ1) is 16.4. The molecule has 0 spiro atoms. The van der Waals surface area contributed by atoms with Gasteiger partial charge in [-0.15, -0.1) is 0 Å². The molecule has 124 valence electrons. The zero-order chi connectivity index (χ0) is 17.3. The summed E-state index contributed by atoms with van der Waals surface area (Å²) in [6, 6.07) is 12.6. The number of fused-ring (bicyclic) bond motifs is 1. The van der Waals surface area contributed by atoms with Gasteiger partial charge in [0.15, 0.2) is 11.4 Å². The smallest absolute Gasteiger partial charge is 0.211 e. The van der Waals surface area contributed by atoms with Gasteiger partial charge < -0.3 is 16.2 Å². The maximum Gasteiger partial charge on any atom is 0.211 e. The minimum atomic E-state index is 0.240. The van der Waals surface area contributed by atoms with Crippen molar-refractivity contribution in [1.29, 1.82) is 0 Å². The van der Waals surface area contributed by atoms with Crippen LogP contribution in [0.3, 0.4) is 0 Å². The van der Waals surface area contributed by atoms with Crippen molar-refractivity contribution in [2.24, 2.45) is 12.8 Å². The predicted octanol–water partition coefficient (Wildman–Crippen LogP) is 2.52. The van der Waals surface area contributed by atoms with Crippen molar-refractivity contribution in [3.8, 4) is 16.9 Å². The van der Waals surface area contributed by atoms with E-state index in [9.17, 15) is 5.11 Å². The molecular weight excluding hydrogens is 298 g/mol. The first-order valence-electron chi connectivity index (χ1n) is 8.15. The van der Waals surface area contributed by atoms with Crippen molar-refractivity contribution >= 4 is 10.8 Å². The highest BCUT2D eigenvalue weighted by Gasteiger charge is 2.23. The number of nitrogens with two attached hydrogens (primary N) is 1. The van der Waals surface area contributed by atoms with Crippen molar-refractivity contribution in [3.63, 3.8) is 0 Å². The third kappa shape index (κ3) is 2.64. The number of pyridine rings is 1. The second-order valence-corrected chi connectivity index (χ2v) is 6.12. The third-order valence-electron chi connectivity index (χ3n) is 4.65. The Morgan fingerprint density at radius 2 is 1.88 bits per heavy atom. The van der Waals surface area contributed by atoms with Gasteiger partial charge in [-0.3, -0.25) is 0 Å². The molecule has 0 aliphatic rings. The van der Waals surface area contributed by atoms with E-state index in [1.807, 2.05) is 24.7 Å². The minimum absolute atomic E-state index is 0.240. The number of nitrogens with zero attached hydrogens (tertiary/aromatic N) is 1. The van der Waals surface area contributed by atoms with Crippen LogP contribution in [0.5, 0.6) is 5.75 Å². The summed E-state index contributed by atoms with van der Waals surface area (Å²) >= 11 is 0. The highest BCUT2D eigenvalue weighted by atomic mass is 16.3. The van der Waals surface area contributed by atoms with Gasteiger partial charge in [0, 0.05) is 31.1 Å². The average molecular weight is 322 g/mol. The summed E-state index contributed by atoms with van der Waals surface area (Å²) in [7, 11) is 3.89. The number of hydrogen-bond acceptors (Lipinski definition) is 3. The highest BCUT2D eigenvalue weighted by molar-refractivity contribution is 5.99. The molecule has 0 saturated heterocycles. The standard InChI is InChI=1S/C20H23N3O/c1-13-19(17(10-21)18(24)12-23(13)3)20-15(11-22-2)9-8-14-6-4-5-7-16(14)20/h4-9,12,22H,10-11,21H2,1-3H3/p+1. The lowest BCUT2D eigenvalue weighted by Gasteiger charge is -2.17. The van der Waals surface area contributed by atoms with Gasteiger partial charge in [-0.05, 0) is 23.4 Å². The van der Waals surface area contributed by atoms with Crippen molar-refractivity contribution < 1.29 is 9.67 Å². The van der Waals surface area contributed by atoms with Gasteiger partial charge in [0.1, 0.15) is 7.05 Å². The van der Waals surface area contributed by atoms with Crippen molar-refractivity contribution in [2.75, 3.05) is 7.05 Å². The SMILES string of the molecule is CNCc1ccc2ccccc2c1-c1c(CN)c(O)c[n+](C)c1C. The summed E-state index contributed by atoms with van der Waals surface area (Å²) in [6.45, 7) is 3.12. The van der Waals surface area contributed by atoms with Crippen LogP contribution in [0.2, 0.25) is 0 Å². The maximum atomic E-state index is 10.4. The minimum Gasteiger partial charge on any atom is -0.502 e. The van der Waals surface area contributed by atoms with Gasteiger partial charge in [-0.1, -0.05) is 36.4 Å². The van der Waals surface area contributed by atoms with Crippen LogP contribution in [-0.2, 0) is 20.1 Å². The average Bonchev–Trinajstić information content (AvgIpc) is 2.58. The van der Waals surface area contributed by atoms with Gasteiger partial charge >= 0.3 is 0 Å². The number of aromatic nitrogens is 1. The van der Waals surface area contributed by atoms with Gasteiger partial charge in [-0.2, -0.15) is 0 Å². The maximum absolute atomic E-state index is 10.4. The summed E-state index contributed by atoms with van der Waals surface area (Å²) in [5.74, 6) is 0.240. The molecule has 3 rings (SSSR count). The van der Waals surface area contributed by atoms with E-state index < -0.39 is 0 Å². The fraction of sp³-hybridized carbons (Fsp3) is 0.250. The van der Waals surface area contributed by atoms with E-state index in [4.69, 9.17) is 5.73 Å². The summed E-state index contributed by atoms with van der Waals surface area (Å²) in [4.78, 5) is 0. The van der Waals surface area contributed by atoms with Crippen LogP contribution >= 0.6 is 0 Å². The van der Waals surface area contributed by atoms with Crippen LogP contribution in [0.4, 0.5) is 0 Å². The molecule has 0 radical (unpaired) electrons. The predicted molar refractivity (Wildman–Crippen MR) is 97.6 cm³/mol. The Morgan fingerprint density at radius 1 is 1.12 bits per heavy atom. The molecule has 3 aromatic rings. The highest BCUT2D eigenvalue weighted by Crippen LogP contribution is 2.38. The monoisotopic (exact) mass is 322 g/mol. The number of rotatable bonds is 4. The molecule has 0 amide bonds. The Kier molecular flexibility index (Phi) is 4.51. The van der Waals surface area contributed by atoms with Gasteiger partial charge in [-0.25, -0.2) is 4.57 Å². The van der Waals surface area contributed by atoms with E-state index in [1.165, 1.54) is 16.3 Å². The van der Waals surface area contributed by atoms with Crippen LogP contribution in [0.1, 0.15) is 16.8 Å².